The van der Waals surface area contributed by atoms with Gasteiger partial charge in [0.2, 0.25) is 21.8 Å². The van der Waals surface area contributed by atoms with Crippen LogP contribution in [0.25, 0.3) is 17.3 Å². The molecular weight excluding hydrogens is 488 g/mol. The number of aromatic nitrogens is 5. The summed E-state index contributed by atoms with van der Waals surface area (Å²) in [6, 6.07) is 8.55. The third kappa shape index (κ3) is 4.75. The fraction of sp³-hybridized carbons (Fsp3) is 0.304. The normalized spacial score (nSPS) is 13.3. The van der Waals surface area contributed by atoms with E-state index in [9.17, 15) is 13.5 Å². The van der Waals surface area contributed by atoms with E-state index in [1.54, 1.807) is 44.2 Å². The molecule has 4 aromatic rings. The summed E-state index contributed by atoms with van der Waals surface area (Å²) < 4.78 is 47.3. The van der Waals surface area contributed by atoms with Crippen molar-refractivity contribution in [1.29, 1.82) is 0 Å². The number of hydrogen-bond acceptors (Lipinski definition) is 10. The number of para-hydroxylation sites is 1. The number of nitrogens with zero attached hydrogens (tertiary/aromatic N) is 5. The maximum Gasteiger partial charge on any atom is 0.243 e. The molecule has 0 aliphatic rings. The van der Waals surface area contributed by atoms with Crippen molar-refractivity contribution in [3.63, 3.8) is 0 Å². The Labute approximate surface area is 208 Å². The molecule has 0 fully saturated rings. The molecule has 0 saturated heterocycles. The SMILES string of the molecule is COc1cccc(OC)c1-n1c(NS(=O)(=O)[C@@H](C)[C@H](O)c2ncc(C)cn2)nnc1-c1ccc(C)o1. The van der Waals surface area contributed by atoms with Crippen LogP contribution in [-0.2, 0) is 10.0 Å². The number of benzene rings is 1. The highest BCUT2D eigenvalue weighted by atomic mass is 32.2. The zero-order valence-electron chi connectivity index (χ0n) is 20.3. The zero-order valence-corrected chi connectivity index (χ0v) is 21.1. The second kappa shape index (κ2) is 9.95. The largest absolute Gasteiger partial charge is 0.494 e. The minimum absolute atomic E-state index is 0.0157. The Morgan fingerprint density at radius 1 is 1.03 bits per heavy atom. The summed E-state index contributed by atoms with van der Waals surface area (Å²) >= 11 is 0. The third-order valence-corrected chi connectivity index (χ3v) is 7.19. The molecule has 2 atom stereocenters. The van der Waals surface area contributed by atoms with Crippen LogP contribution in [0.15, 0.2) is 47.1 Å². The predicted molar refractivity (Wildman–Crippen MR) is 131 cm³/mol. The van der Waals surface area contributed by atoms with E-state index in [2.05, 4.69) is 24.9 Å². The summed E-state index contributed by atoms with van der Waals surface area (Å²) in [6.07, 6.45) is 1.51. The number of rotatable bonds is 9. The van der Waals surface area contributed by atoms with Crippen molar-refractivity contribution in [2.45, 2.75) is 32.1 Å². The summed E-state index contributed by atoms with van der Waals surface area (Å²) in [5.41, 5.74) is 1.13. The molecule has 0 unspecified atom stereocenters. The zero-order chi connectivity index (χ0) is 26.0. The molecule has 190 valence electrons. The van der Waals surface area contributed by atoms with Crippen molar-refractivity contribution >= 4 is 16.0 Å². The van der Waals surface area contributed by atoms with Crippen molar-refractivity contribution in [2.75, 3.05) is 18.9 Å². The van der Waals surface area contributed by atoms with Gasteiger partial charge >= 0.3 is 0 Å². The summed E-state index contributed by atoms with van der Waals surface area (Å²) in [7, 11) is -1.27. The van der Waals surface area contributed by atoms with Gasteiger partial charge in [0.1, 0.15) is 34.3 Å². The van der Waals surface area contributed by atoms with Gasteiger partial charge < -0.3 is 19.0 Å². The van der Waals surface area contributed by atoms with Crippen molar-refractivity contribution in [3.05, 3.63) is 59.9 Å². The Hall–Kier alpha value is -3.97. The van der Waals surface area contributed by atoms with Crippen LogP contribution in [0.3, 0.4) is 0 Å². The van der Waals surface area contributed by atoms with Gasteiger partial charge in [-0.1, -0.05) is 6.07 Å². The number of anilines is 1. The van der Waals surface area contributed by atoms with Crippen LogP contribution in [0.5, 0.6) is 11.5 Å². The molecule has 0 spiro atoms. The standard InChI is InChI=1S/C23H26N6O6S/c1-13-11-24-21(25-12-13)20(30)15(3)36(31,32)28-23-27-26-22(18-10-9-14(2)35-18)29(23)19-16(33-4)7-6-8-17(19)34-5/h6-12,15,20,30H,1-5H3,(H,27,28)/t15-,20-/m0/s1. The maximum absolute atomic E-state index is 13.3. The van der Waals surface area contributed by atoms with Crippen LogP contribution >= 0.6 is 0 Å². The fourth-order valence-electron chi connectivity index (χ4n) is 3.48. The summed E-state index contributed by atoms with van der Waals surface area (Å²) in [5.74, 6) is 1.76. The smallest absolute Gasteiger partial charge is 0.243 e. The number of aryl methyl sites for hydroxylation is 2. The first-order valence-corrected chi connectivity index (χ1v) is 12.4. The van der Waals surface area contributed by atoms with Gasteiger partial charge in [0.15, 0.2) is 11.6 Å². The second-order valence-electron chi connectivity index (χ2n) is 8.02. The molecule has 2 N–H and O–H groups in total. The highest BCUT2D eigenvalue weighted by Gasteiger charge is 2.34. The Kier molecular flexibility index (Phi) is 6.95. The molecule has 0 aliphatic heterocycles. The summed E-state index contributed by atoms with van der Waals surface area (Å²) in [5, 5.41) is 17.6. The van der Waals surface area contributed by atoms with Gasteiger partial charge in [-0.3, -0.25) is 9.29 Å². The van der Waals surface area contributed by atoms with Gasteiger partial charge in [-0.2, -0.15) is 0 Å². The van der Waals surface area contributed by atoms with E-state index in [0.29, 0.717) is 28.7 Å². The van der Waals surface area contributed by atoms with Gasteiger partial charge in [-0.05, 0) is 50.6 Å². The van der Waals surface area contributed by atoms with Crippen molar-refractivity contribution in [1.82, 2.24) is 24.7 Å². The van der Waals surface area contributed by atoms with Crippen LogP contribution in [0.2, 0.25) is 0 Å². The van der Waals surface area contributed by atoms with Crippen LogP contribution in [-0.4, -0.2) is 57.7 Å². The lowest BCUT2D eigenvalue weighted by atomic mass is 10.2. The molecule has 13 heteroatoms. The summed E-state index contributed by atoms with van der Waals surface area (Å²) in [6.45, 7) is 4.90. The molecule has 0 bridgehead atoms. The average Bonchev–Trinajstić information content (AvgIpc) is 3.48. The minimum Gasteiger partial charge on any atom is -0.494 e. The first kappa shape index (κ1) is 25.1. The first-order chi connectivity index (χ1) is 17.2. The van der Waals surface area contributed by atoms with E-state index in [1.165, 1.54) is 38.1 Å². The van der Waals surface area contributed by atoms with Crippen molar-refractivity contribution < 1.29 is 27.4 Å². The molecule has 0 aliphatic carbocycles. The van der Waals surface area contributed by atoms with E-state index in [4.69, 9.17) is 13.9 Å². The van der Waals surface area contributed by atoms with Crippen molar-refractivity contribution in [3.8, 4) is 28.8 Å². The number of sulfonamides is 1. The van der Waals surface area contributed by atoms with Crippen LogP contribution < -0.4 is 14.2 Å². The van der Waals surface area contributed by atoms with E-state index in [1.807, 2.05) is 0 Å². The van der Waals surface area contributed by atoms with E-state index >= 15 is 0 Å². The third-order valence-electron chi connectivity index (χ3n) is 5.48. The molecule has 0 amide bonds. The van der Waals surface area contributed by atoms with E-state index in [0.717, 1.165) is 5.56 Å². The number of ether oxygens (including phenoxy) is 2. The quantitative estimate of drug-likeness (QED) is 0.341. The molecule has 1 aromatic carbocycles. The second-order valence-corrected chi connectivity index (χ2v) is 10.1. The molecule has 4 rings (SSSR count). The molecule has 3 aromatic heterocycles. The molecule has 0 radical (unpaired) electrons. The van der Waals surface area contributed by atoms with E-state index in [-0.39, 0.29) is 17.6 Å². The van der Waals surface area contributed by atoms with Crippen molar-refractivity contribution in [2.24, 2.45) is 0 Å². The fourth-order valence-corrected chi connectivity index (χ4v) is 4.52. The van der Waals surface area contributed by atoms with Gasteiger partial charge in [-0.25, -0.2) is 18.4 Å². The highest BCUT2D eigenvalue weighted by Crippen LogP contribution is 2.38. The Morgan fingerprint density at radius 3 is 2.22 bits per heavy atom. The first-order valence-electron chi connectivity index (χ1n) is 10.9. The number of aliphatic hydroxyl groups excluding tert-OH is 1. The number of furan rings is 1. The Morgan fingerprint density at radius 2 is 1.67 bits per heavy atom. The molecule has 12 nitrogen and oxygen atoms in total. The molecular formula is C23H26N6O6S. The lowest BCUT2D eigenvalue weighted by Crippen LogP contribution is -2.32. The molecule has 0 saturated carbocycles. The van der Waals surface area contributed by atoms with Gasteiger partial charge in [0, 0.05) is 12.4 Å². The Balaban J connectivity index is 1.81. The Bertz CT molecular complexity index is 1440. The van der Waals surface area contributed by atoms with Gasteiger partial charge in [0.25, 0.3) is 0 Å². The average molecular weight is 515 g/mol. The lowest BCUT2D eigenvalue weighted by Gasteiger charge is -2.20. The molecule has 3 heterocycles. The van der Waals surface area contributed by atoms with Crippen LogP contribution in [0.4, 0.5) is 5.95 Å². The minimum atomic E-state index is -4.22. The predicted octanol–water partition coefficient (Wildman–Crippen LogP) is 2.82. The van der Waals surface area contributed by atoms with Gasteiger partial charge in [0.05, 0.1) is 14.2 Å². The topological polar surface area (TPSA) is 154 Å². The van der Waals surface area contributed by atoms with E-state index < -0.39 is 21.4 Å². The van der Waals surface area contributed by atoms with Crippen LogP contribution in [0, 0.1) is 13.8 Å². The highest BCUT2D eigenvalue weighted by molar-refractivity contribution is 7.93. The monoisotopic (exact) mass is 514 g/mol. The molecule has 36 heavy (non-hydrogen) atoms. The van der Waals surface area contributed by atoms with Gasteiger partial charge in [-0.15, -0.1) is 10.2 Å². The number of nitrogens with one attached hydrogen (secondary N) is 1. The number of methoxy groups -OCH3 is 2. The lowest BCUT2D eigenvalue weighted by molar-refractivity contribution is 0.166. The number of hydrogen-bond donors (Lipinski definition) is 2. The maximum atomic E-state index is 13.3. The number of aliphatic hydroxyl groups is 1. The summed E-state index contributed by atoms with van der Waals surface area (Å²) in [4.78, 5) is 8.09. The van der Waals surface area contributed by atoms with Crippen LogP contribution in [0.1, 0.15) is 30.2 Å².